The Morgan fingerprint density at radius 1 is 0.696 bits per heavy atom. The van der Waals surface area contributed by atoms with Gasteiger partial charge in [-0.25, -0.2) is 0 Å². The summed E-state index contributed by atoms with van der Waals surface area (Å²) in [5.41, 5.74) is -1.62. The summed E-state index contributed by atoms with van der Waals surface area (Å²) in [4.78, 5) is 40.8. The zero-order valence-corrected chi connectivity index (χ0v) is 41.4. The van der Waals surface area contributed by atoms with Crippen LogP contribution in [0.2, 0.25) is 0 Å². The number of Topliss-reactive ketones (excluding diaryl/α,β-unsaturated/α-hetero) is 1. The van der Waals surface area contributed by atoms with Crippen LogP contribution in [0, 0.1) is 50.2 Å². The number of carbonyl (C=O) groups is 3. The van der Waals surface area contributed by atoms with Gasteiger partial charge in [0.25, 0.3) is 0 Å². The summed E-state index contributed by atoms with van der Waals surface area (Å²) in [5, 5.41) is 98.2. The molecule has 3 saturated heterocycles. The predicted molar refractivity (Wildman–Crippen MR) is 239 cm³/mol. The maximum absolute atomic E-state index is 15.0. The molecule has 69 heavy (non-hydrogen) atoms. The number of aliphatic hydroxyl groups is 9. The lowest BCUT2D eigenvalue weighted by molar-refractivity contribution is -0.361. The average molecular weight is 983 g/mol. The lowest BCUT2D eigenvalue weighted by atomic mass is 9.33. The van der Waals surface area contributed by atoms with Gasteiger partial charge in [-0.1, -0.05) is 60.1 Å². The largest absolute Gasteiger partial charge is 0.463 e. The summed E-state index contributed by atoms with van der Waals surface area (Å²) in [7, 11) is 0. The molecular formula is C50H78O19. The van der Waals surface area contributed by atoms with E-state index in [-0.39, 0.29) is 40.0 Å². The fourth-order valence-corrected chi connectivity index (χ4v) is 14.8. The number of allylic oxidation sites excluding steroid dienone is 2. The Morgan fingerprint density at radius 2 is 1.33 bits per heavy atom. The second-order valence-electron chi connectivity index (χ2n) is 23.9. The minimum atomic E-state index is -1.92. The number of ether oxygens (including phenoxy) is 7. The second-order valence-corrected chi connectivity index (χ2v) is 23.9. The van der Waals surface area contributed by atoms with Crippen molar-refractivity contribution in [3.8, 4) is 0 Å². The van der Waals surface area contributed by atoms with E-state index in [1.807, 2.05) is 13.8 Å². The zero-order chi connectivity index (χ0) is 50.7. The SMILES string of the molecule is CC(=O)OC[C@H]1O[C@@H](OC[C@H]2O[C@@H](OC(=O)[C@@]34CC[C@]5(C)C(=CC[C@@H]6[C@@]7(C)CC[C@@H](O)C(C)(C)[C@@H]7CC[C@]65C)[C@@H]3CC(C)(C)C(=O)C4)[C@H](O)[C@@H](O)[C@@H]2O)[C@H](O)[C@@H](O)[C@@H]1O[C@@H]1O[C@@H](C)[C@H](O)[C@@H](O)[C@H]1O. The average Bonchev–Trinajstić information content (AvgIpc) is 3.28. The molecule has 0 radical (unpaired) electrons. The standard InChI is InChI=1S/C50H78O19/c1-22-32(54)34(56)37(59)42(65-22)68-40-27(21-63-23(2)51)67-41(39(61)36(40)58)64-20-26-33(55)35(57)38(60)43(66-26)69-44(62)50-17-16-48(8)24(25(50)18-45(3,4)31(53)19-50)10-11-29-47(7)14-13-30(52)46(5,6)28(47)12-15-49(29,48)9/h10,22,25-30,32-43,52,54-61H,11-21H2,1-9H3/t22-,25-,26+,27+,28-,29+,30+,32-,33+,34+,35-,36+,37+,38+,39+,40+,41+,42-,43-,47-,48+,49+,50+/m0/s1. The molecule has 19 nitrogen and oxygen atoms in total. The molecule has 5 aliphatic carbocycles. The molecule has 23 atom stereocenters. The van der Waals surface area contributed by atoms with Crippen LogP contribution in [-0.4, -0.2) is 175 Å². The van der Waals surface area contributed by atoms with Gasteiger partial charge in [0.2, 0.25) is 6.29 Å². The lowest BCUT2D eigenvalue weighted by Crippen LogP contribution is -2.66. The van der Waals surface area contributed by atoms with E-state index in [4.69, 9.17) is 33.2 Å². The van der Waals surface area contributed by atoms with Gasteiger partial charge in [-0.15, -0.1) is 0 Å². The molecule has 3 aliphatic heterocycles. The van der Waals surface area contributed by atoms with Crippen LogP contribution < -0.4 is 0 Å². The molecule has 7 fully saturated rings. The van der Waals surface area contributed by atoms with E-state index in [1.54, 1.807) is 0 Å². The first kappa shape index (κ1) is 53.1. The van der Waals surface area contributed by atoms with Gasteiger partial charge in [-0.2, -0.15) is 0 Å². The summed E-state index contributed by atoms with van der Waals surface area (Å²) in [6.07, 6.45) is -17.5. The van der Waals surface area contributed by atoms with Crippen LogP contribution in [0.4, 0.5) is 0 Å². The number of hydrogen-bond acceptors (Lipinski definition) is 19. The van der Waals surface area contributed by atoms with Gasteiger partial charge in [0.1, 0.15) is 79.5 Å². The Morgan fingerprint density at radius 3 is 2.01 bits per heavy atom. The van der Waals surface area contributed by atoms with E-state index < -0.39 is 134 Å². The number of fused-ring (bicyclic) bond motifs is 7. The first-order valence-corrected chi connectivity index (χ1v) is 25.0. The van der Waals surface area contributed by atoms with E-state index in [0.717, 1.165) is 44.6 Å². The fourth-order valence-electron chi connectivity index (χ4n) is 14.8. The Hall–Kier alpha value is -2.21. The lowest BCUT2D eigenvalue weighted by Gasteiger charge is -2.71. The summed E-state index contributed by atoms with van der Waals surface area (Å²) in [5.74, 6) is -1.32. The maximum Gasteiger partial charge on any atom is 0.315 e. The molecule has 19 heteroatoms. The van der Waals surface area contributed by atoms with Crippen LogP contribution in [-0.2, 0) is 47.5 Å². The third kappa shape index (κ3) is 8.57. The highest BCUT2D eigenvalue weighted by Gasteiger charge is 2.70. The third-order valence-electron chi connectivity index (χ3n) is 19.5. The molecule has 8 rings (SSSR count). The predicted octanol–water partition coefficient (Wildman–Crippen LogP) is 0.918. The van der Waals surface area contributed by atoms with E-state index >= 15 is 4.79 Å². The van der Waals surface area contributed by atoms with Gasteiger partial charge in [0.05, 0.1) is 24.2 Å². The molecule has 3 heterocycles. The third-order valence-corrected chi connectivity index (χ3v) is 19.5. The van der Waals surface area contributed by atoms with Crippen molar-refractivity contribution in [1.82, 2.24) is 0 Å². The first-order chi connectivity index (χ1) is 32.1. The highest BCUT2D eigenvalue weighted by Crippen LogP contribution is 2.75. The monoisotopic (exact) mass is 983 g/mol. The van der Waals surface area contributed by atoms with Crippen molar-refractivity contribution in [2.75, 3.05) is 13.2 Å². The smallest absolute Gasteiger partial charge is 0.315 e. The molecule has 0 aromatic rings. The first-order valence-electron chi connectivity index (χ1n) is 25.0. The van der Waals surface area contributed by atoms with Crippen molar-refractivity contribution in [2.45, 2.75) is 218 Å². The molecule has 4 saturated carbocycles. The minimum absolute atomic E-state index is 0.00965. The fraction of sp³-hybridized carbons (Fsp3) is 0.900. The summed E-state index contributed by atoms with van der Waals surface area (Å²) in [6, 6.07) is 0. The van der Waals surface area contributed by atoms with Gasteiger partial charge < -0.3 is 79.1 Å². The zero-order valence-electron chi connectivity index (χ0n) is 41.4. The number of rotatable bonds is 9. The number of ketones is 1. The number of hydrogen-bond donors (Lipinski definition) is 9. The molecule has 0 aromatic carbocycles. The summed E-state index contributed by atoms with van der Waals surface area (Å²) >= 11 is 0. The van der Waals surface area contributed by atoms with Gasteiger partial charge >= 0.3 is 11.9 Å². The quantitative estimate of drug-likeness (QED) is 0.115. The maximum atomic E-state index is 15.0. The highest BCUT2D eigenvalue weighted by molar-refractivity contribution is 5.92. The second kappa shape index (κ2) is 18.6. The number of esters is 2. The highest BCUT2D eigenvalue weighted by atomic mass is 16.8. The van der Waals surface area contributed by atoms with E-state index in [2.05, 4.69) is 40.7 Å². The molecule has 9 N–H and O–H groups in total. The summed E-state index contributed by atoms with van der Waals surface area (Å²) in [6.45, 7) is 16.7. The van der Waals surface area contributed by atoms with Crippen molar-refractivity contribution >= 4 is 17.7 Å². The molecule has 0 aromatic heterocycles. The van der Waals surface area contributed by atoms with Gasteiger partial charge in [0, 0.05) is 18.8 Å². The van der Waals surface area contributed by atoms with Crippen LogP contribution >= 0.6 is 0 Å². The van der Waals surface area contributed by atoms with Gasteiger partial charge in [0.15, 0.2) is 12.6 Å². The van der Waals surface area contributed by atoms with Crippen molar-refractivity contribution < 1.29 is 93.5 Å². The van der Waals surface area contributed by atoms with Crippen molar-refractivity contribution in [3.05, 3.63) is 11.6 Å². The van der Waals surface area contributed by atoms with Gasteiger partial charge in [-0.3, -0.25) is 14.4 Å². The number of aliphatic hydroxyl groups excluding tert-OH is 9. The van der Waals surface area contributed by atoms with Gasteiger partial charge in [-0.05, 0) is 97.7 Å². The normalized spacial score (nSPS) is 51.4. The molecule has 392 valence electrons. The van der Waals surface area contributed by atoms with Crippen LogP contribution in [0.15, 0.2) is 11.6 Å². The topological polar surface area (TPSA) is 298 Å². The molecule has 0 unspecified atom stereocenters. The van der Waals surface area contributed by atoms with Crippen molar-refractivity contribution in [3.63, 3.8) is 0 Å². The van der Waals surface area contributed by atoms with Crippen LogP contribution in [0.3, 0.4) is 0 Å². The molecule has 0 bridgehead atoms. The molecule has 0 spiro atoms. The minimum Gasteiger partial charge on any atom is -0.463 e. The van der Waals surface area contributed by atoms with Crippen molar-refractivity contribution in [2.24, 2.45) is 50.2 Å². The van der Waals surface area contributed by atoms with Crippen molar-refractivity contribution in [1.29, 1.82) is 0 Å². The Labute approximate surface area is 403 Å². The van der Waals surface area contributed by atoms with Crippen LogP contribution in [0.25, 0.3) is 0 Å². The molecule has 0 amide bonds. The Bertz CT molecular complexity index is 1980. The number of carbonyl (C=O) groups excluding carboxylic acids is 3. The molecular weight excluding hydrogens is 905 g/mol. The summed E-state index contributed by atoms with van der Waals surface area (Å²) < 4.78 is 40.1. The van der Waals surface area contributed by atoms with E-state index in [0.29, 0.717) is 31.1 Å². The van der Waals surface area contributed by atoms with E-state index in [9.17, 15) is 55.5 Å². The molecule has 8 aliphatic rings. The Balaban J connectivity index is 0.997. The van der Waals surface area contributed by atoms with E-state index in [1.165, 1.54) is 6.92 Å². The van der Waals surface area contributed by atoms with Crippen LogP contribution in [0.1, 0.15) is 120 Å². The van der Waals surface area contributed by atoms with Crippen LogP contribution in [0.5, 0.6) is 0 Å². The Kier molecular flexibility index (Phi) is 14.3.